The first-order valence-corrected chi connectivity index (χ1v) is 9.39. The Hall–Kier alpha value is -2.22. The molecule has 0 fully saturated rings. The normalized spacial score (nSPS) is 12.7. The fraction of sp³-hybridized carbons (Fsp3) is 0.105. The van der Waals surface area contributed by atoms with Gasteiger partial charge in [0.15, 0.2) is 0 Å². The van der Waals surface area contributed by atoms with E-state index in [1.165, 1.54) is 0 Å². The minimum Gasteiger partial charge on any atom is -0.386 e. The molecule has 3 aromatic rings. The summed E-state index contributed by atoms with van der Waals surface area (Å²) in [6.07, 6.45) is 0.898. The maximum Gasteiger partial charge on any atom is 0.146 e. The van der Waals surface area contributed by atoms with Gasteiger partial charge in [0.1, 0.15) is 13.2 Å². The summed E-state index contributed by atoms with van der Waals surface area (Å²) in [4.78, 5) is 4.18. The number of aliphatic hydroxyl groups is 1. The van der Waals surface area contributed by atoms with E-state index < -0.39 is 13.2 Å². The Bertz CT molecular complexity index is 748. The molecular weight excluding hydrogens is 305 g/mol. The molecule has 3 rings (SSSR count). The summed E-state index contributed by atoms with van der Waals surface area (Å²) < 4.78 is 13.8. The molecule has 116 valence electrons. The van der Waals surface area contributed by atoms with E-state index in [0.717, 1.165) is 10.6 Å². The zero-order valence-corrected chi connectivity index (χ0v) is 13.5. The number of pyridine rings is 1. The largest absolute Gasteiger partial charge is 0.386 e. The van der Waals surface area contributed by atoms with Crippen LogP contribution in [-0.4, -0.2) is 16.3 Å². The molecule has 0 unspecified atom stereocenters. The zero-order chi connectivity index (χ0) is 16.1. The van der Waals surface area contributed by atoms with Gasteiger partial charge in [-0.1, -0.05) is 66.7 Å². The van der Waals surface area contributed by atoms with Gasteiger partial charge >= 0.3 is 0 Å². The van der Waals surface area contributed by atoms with E-state index in [1.54, 1.807) is 18.3 Å². The number of benzene rings is 2. The van der Waals surface area contributed by atoms with Gasteiger partial charge in [-0.05, 0) is 12.1 Å². The summed E-state index contributed by atoms with van der Waals surface area (Å²) >= 11 is 0. The topological polar surface area (TPSA) is 50.2 Å². The van der Waals surface area contributed by atoms with Crippen molar-refractivity contribution >= 4 is 17.8 Å². The van der Waals surface area contributed by atoms with Crippen LogP contribution in [0.25, 0.3) is 0 Å². The SMILES string of the molecule is O=P(C[C@@H](O)c1ccccn1)(c1ccccc1)c1ccccc1. The van der Waals surface area contributed by atoms with Crippen LogP contribution in [-0.2, 0) is 4.57 Å². The number of nitrogens with zero attached hydrogens (tertiary/aromatic N) is 1. The fourth-order valence-corrected chi connectivity index (χ4v) is 5.31. The van der Waals surface area contributed by atoms with Crippen molar-refractivity contribution < 1.29 is 9.67 Å². The van der Waals surface area contributed by atoms with Crippen molar-refractivity contribution in [3.63, 3.8) is 0 Å². The van der Waals surface area contributed by atoms with Crippen LogP contribution in [0.4, 0.5) is 0 Å². The highest BCUT2D eigenvalue weighted by Gasteiger charge is 2.30. The molecule has 0 amide bonds. The first-order chi connectivity index (χ1) is 11.2. The van der Waals surface area contributed by atoms with Gasteiger partial charge in [0.05, 0.1) is 5.69 Å². The van der Waals surface area contributed by atoms with Gasteiger partial charge in [0.25, 0.3) is 0 Å². The van der Waals surface area contributed by atoms with Crippen molar-refractivity contribution in [1.29, 1.82) is 0 Å². The Kier molecular flexibility index (Phi) is 4.71. The molecule has 3 nitrogen and oxygen atoms in total. The van der Waals surface area contributed by atoms with Gasteiger partial charge in [-0.3, -0.25) is 4.98 Å². The monoisotopic (exact) mass is 323 g/mol. The molecule has 0 spiro atoms. The Morgan fingerprint density at radius 3 is 1.83 bits per heavy atom. The quantitative estimate of drug-likeness (QED) is 0.734. The average molecular weight is 323 g/mol. The highest BCUT2D eigenvalue weighted by Crippen LogP contribution is 2.46. The molecular formula is C19H18NO2P. The predicted molar refractivity (Wildman–Crippen MR) is 93.8 cm³/mol. The zero-order valence-electron chi connectivity index (χ0n) is 12.6. The third-order valence-corrected chi connectivity index (χ3v) is 6.93. The van der Waals surface area contributed by atoms with Gasteiger partial charge in [-0.2, -0.15) is 0 Å². The molecule has 1 atom stereocenters. The lowest BCUT2D eigenvalue weighted by Crippen LogP contribution is -2.22. The van der Waals surface area contributed by atoms with Gasteiger partial charge in [-0.15, -0.1) is 0 Å². The van der Waals surface area contributed by atoms with Crippen molar-refractivity contribution in [2.24, 2.45) is 0 Å². The molecule has 1 heterocycles. The predicted octanol–water partition coefficient (Wildman–Crippen LogP) is 3.13. The lowest BCUT2D eigenvalue weighted by Gasteiger charge is -2.22. The van der Waals surface area contributed by atoms with Crippen LogP contribution in [0, 0.1) is 0 Å². The fourth-order valence-electron chi connectivity index (χ4n) is 2.61. The summed E-state index contributed by atoms with van der Waals surface area (Å²) in [5, 5.41) is 12.0. The average Bonchev–Trinajstić information content (AvgIpc) is 2.64. The van der Waals surface area contributed by atoms with E-state index >= 15 is 0 Å². The van der Waals surface area contributed by atoms with Crippen LogP contribution in [0.15, 0.2) is 85.1 Å². The second-order valence-corrected chi connectivity index (χ2v) is 8.24. The summed E-state index contributed by atoms with van der Waals surface area (Å²) in [7, 11) is -2.94. The molecule has 0 aliphatic carbocycles. The Balaban J connectivity index is 2.02. The Morgan fingerprint density at radius 2 is 1.35 bits per heavy atom. The molecule has 1 aromatic heterocycles. The van der Waals surface area contributed by atoms with E-state index in [0.29, 0.717) is 5.69 Å². The van der Waals surface area contributed by atoms with E-state index in [4.69, 9.17) is 0 Å². The van der Waals surface area contributed by atoms with Crippen LogP contribution in [0.5, 0.6) is 0 Å². The van der Waals surface area contributed by atoms with Crippen molar-refractivity contribution in [2.45, 2.75) is 6.10 Å². The van der Waals surface area contributed by atoms with E-state index in [-0.39, 0.29) is 6.16 Å². The molecule has 0 bridgehead atoms. The van der Waals surface area contributed by atoms with Gasteiger partial charge in [-0.25, -0.2) is 0 Å². The summed E-state index contributed by atoms with van der Waals surface area (Å²) in [6, 6.07) is 24.1. The molecule has 4 heteroatoms. The highest BCUT2D eigenvalue weighted by molar-refractivity contribution is 7.78. The second kappa shape index (κ2) is 6.91. The maximum atomic E-state index is 13.8. The molecule has 0 saturated heterocycles. The van der Waals surface area contributed by atoms with Crippen LogP contribution in [0.1, 0.15) is 11.8 Å². The summed E-state index contributed by atoms with van der Waals surface area (Å²) in [5.41, 5.74) is 0.541. The smallest absolute Gasteiger partial charge is 0.146 e. The molecule has 0 saturated carbocycles. The third-order valence-electron chi connectivity index (χ3n) is 3.81. The van der Waals surface area contributed by atoms with Gasteiger partial charge in [0, 0.05) is 23.0 Å². The van der Waals surface area contributed by atoms with Crippen LogP contribution in [0.3, 0.4) is 0 Å². The number of rotatable bonds is 5. The lowest BCUT2D eigenvalue weighted by molar-refractivity contribution is 0.197. The number of aliphatic hydroxyl groups excluding tert-OH is 1. The van der Waals surface area contributed by atoms with Crippen LogP contribution in [0.2, 0.25) is 0 Å². The van der Waals surface area contributed by atoms with Crippen LogP contribution < -0.4 is 10.6 Å². The molecule has 23 heavy (non-hydrogen) atoms. The molecule has 0 radical (unpaired) electrons. The minimum absolute atomic E-state index is 0.137. The van der Waals surface area contributed by atoms with E-state index in [1.807, 2.05) is 66.7 Å². The molecule has 1 N–H and O–H groups in total. The number of aromatic nitrogens is 1. The lowest BCUT2D eigenvalue weighted by atomic mass is 10.2. The third kappa shape index (κ3) is 3.42. The Morgan fingerprint density at radius 1 is 0.826 bits per heavy atom. The second-order valence-electron chi connectivity index (χ2n) is 5.36. The molecule has 0 aliphatic heterocycles. The Labute approximate surface area is 136 Å². The van der Waals surface area contributed by atoms with Gasteiger partial charge < -0.3 is 9.67 Å². The standard InChI is InChI=1S/C19H18NO2P/c21-19(18-13-7-8-14-20-18)15-23(22,16-9-3-1-4-10-16)17-11-5-2-6-12-17/h1-14,19,21H,15H2/t19-/m1/s1. The summed E-state index contributed by atoms with van der Waals surface area (Å²) in [6.45, 7) is 0. The van der Waals surface area contributed by atoms with Crippen molar-refractivity contribution in [3.05, 3.63) is 90.8 Å². The first kappa shape index (κ1) is 15.7. The summed E-state index contributed by atoms with van der Waals surface area (Å²) in [5.74, 6) is 0. The molecule has 0 aliphatic rings. The van der Waals surface area contributed by atoms with E-state index in [2.05, 4.69) is 4.98 Å². The van der Waals surface area contributed by atoms with Crippen molar-refractivity contribution in [3.8, 4) is 0 Å². The molecule has 2 aromatic carbocycles. The highest BCUT2D eigenvalue weighted by atomic mass is 31.2. The number of hydrogen-bond acceptors (Lipinski definition) is 3. The van der Waals surface area contributed by atoms with Crippen molar-refractivity contribution in [2.75, 3.05) is 6.16 Å². The first-order valence-electron chi connectivity index (χ1n) is 7.49. The number of hydrogen-bond donors (Lipinski definition) is 1. The van der Waals surface area contributed by atoms with Gasteiger partial charge in [0.2, 0.25) is 0 Å². The minimum atomic E-state index is -2.94. The van der Waals surface area contributed by atoms with Crippen molar-refractivity contribution in [1.82, 2.24) is 4.98 Å². The van der Waals surface area contributed by atoms with Crippen LogP contribution >= 0.6 is 7.14 Å². The maximum absolute atomic E-state index is 13.8. The van der Waals surface area contributed by atoms with E-state index in [9.17, 15) is 9.67 Å².